The van der Waals surface area contributed by atoms with Gasteiger partial charge in [0.2, 0.25) is 0 Å². The molecule has 0 aromatic heterocycles. The summed E-state index contributed by atoms with van der Waals surface area (Å²) in [7, 11) is 0. The second-order valence-electron chi connectivity index (χ2n) is 3.77. The third kappa shape index (κ3) is 4.26. The lowest BCUT2D eigenvalue weighted by molar-refractivity contribution is -0.142. The Morgan fingerprint density at radius 2 is 2.06 bits per heavy atom. The van der Waals surface area contributed by atoms with Crippen molar-refractivity contribution in [3.05, 3.63) is 29.8 Å². The van der Waals surface area contributed by atoms with Crippen molar-refractivity contribution in [2.75, 3.05) is 6.61 Å². The molecule has 4 heteroatoms. The number of carbonyl (C=O) groups excluding carboxylic acids is 1. The van der Waals surface area contributed by atoms with Crippen LogP contribution in [0.2, 0.25) is 0 Å². The Balaban J connectivity index is 2.39. The van der Waals surface area contributed by atoms with E-state index in [4.69, 9.17) is 9.84 Å². The van der Waals surface area contributed by atoms with Gasteiger partial charge in [-0.3, -0.25) is 9.59 Å². The molecule has 17 heavy (non-hydrogen) atoms. The highest BCUT2D eigenvalue weighted by Crippen LogP contribution is 2.14. The summed E-state index contributed by atoms with van der Waals surface area (Å²) in [4.78, 5) is 21.2. The normalized spacial score (nSPS) is 11.8. The van der Waals surface area contributed by atoms with Crippen LogP contribution < -0.4 is 4.74 Å². The molecule has 0 heterocycles. The molecule has 0 fully saturated rings. The Morgan fingerprint density at radius 1 is 1.41 bits per heavy atom. The fourth-order valence-electron chi connectivity index (χ4n) is 1.46. The van der Waals surface area contributed by atoms with E-state index in [0.717, 1.165) is 6.29 Å². The molecular formula is C13H16O4. The Hall–Kier alpha value is -1.84. The lowest BCUT2D eigenvalue weighted by Crippen LogP contribution is -2.15. The minimum Gasteiger partial charge on any atom is -0.494 e. The van der Waals surface area contributed by atoms with Crippen LogP contribution in [0.5, 0.6) is 5.75 Å². The van der Waals surface area contributed by atoms with E-state index >= 15 is 0 Å². The molecule has 92 valence electrons. The highest BCUT2D eigenvalue weighted by molar-refractivity contribution is 5.74. The van der Waals surface area contributed by atoms with Crippen molar-refractivity contribution >= 4 is 12.3 Å². The topological polar surface area (TPSA) is 63.6 Å². The van der Waals surface area contributed by atoms with Gasteiger partial charge in [-0.05, 0) is 37.1 Å². The van der Waals surface area contributed by atoms with E-state index in [-0.39, 0.29) is 5.92 Å². The second-order valence-corrected chi connectivity index (χ2v) is 3.77. The van der Waals surface area contributed by atoms with E-state index in [1.165, 1.54) is 0 Å². The zero-order chi connectivity index (χ0) is 12.7. The molecule has 0 radical (unpaired) electrons. The molecule has 1 aromatic rings. The minimum atomic E-state index is -0.785. The molecule has 1 atom stereocenters. The second kappa shape index (κ2) is 6.68. The number of ether oxygens (including phenoxy) is 1. The molecule has 0 aliphatic rings. The van der Waals surface area contributed by atoms with Gasteiger partial charge in [-0.2, -0.15) is 0 Å². The van der Waals surface area contributed by atoms with Crippen LogP contribution in [0.25, 0.3) is 0 Å². The van der Waals surface area contributed by atoms with Crippen LogP contribution in [0.1, 0.15) is 30.1 Å². The molecule has 0 aliphatic heterocycles. The number of benzene rings is 1. The molecule has 0 saturated heterocycles. The number of carbonyl (C=O) groups is 2. The van der Waals surface area contributed by atoms with Crippen LogP contribution in [-0.2, 0) is 4.79 Å². The van der Waals surface area contributed by atoms with E-state index in [0.29, 0.717) is 30.8 Å². The number of hydrogen-bond donors (Lipinski definition) is 1. The van der Waals surface area contributed by atoms with Gasteiger partial charge in [0.15, 0.2) is 0 Å². The third-order valence-corrected chi connectivity index (χ3v) is 2.59. The monoisotopic (exact) mass is 236 g/mol. The first kappa shape index (κ1) is 13.2. The smallest absolute Gasteiger partial charge is 0.306 e. The molecule has 0 saturated carbocycles. The maximum absolute atomic E-state index is 10.8. The van der Waals surface area contributed by atoms with Crippen LogP contribution in [0.15, 0.2) is 24.3 Å². The number of carboxylic acids is 1. The van der Waals surface area contributed by atoms with Gasteiger partial charge in [0.05, 0.1) is 12.5 Å². The minimum absolute atomic E-state index is 0.357. The summed E-state index contributed by atoms with van der Waals surface area (Å²) in [5, 5.41) is 8.84. The summed E-state index contributed by atoms with van der Waals surface area (Å²) < 4.78 is 5.41. The maximum Gasteiger partial charge on any atom is 0.306 e. The summed E-state index contributed by atoms with van der Waals surface area (Å²) in [5.41, 5.74) is 0.592. The van der Waals surface area contributed by atoms with Crippen LogP contribution >= 0.6 is 0 Å². The molecule has 0 amide bonds. The van der Waals surface area contributed by atoms with Gasteiger partial charge in [-0.25, -0.2) is 0 Å². The predicted octanol–water partition coefficient (Wildman–Crippen LogP) is 2.38. The van der Waals surface area contributed by atoms with Crippen LogP contribution in [-0.4, -0.2) is 24.0 Å². The van der Waals surface area contributed by atoms with Crippen molar-refractivity contribution in [2.45, 2.75) is 19.8 Å². The van der Waals surface area contributed by atoms with Gasteiger partial charge in [0.25, 0.3) is 0 Å². The average Bonchev–Trinajstić information content (AvgIpc) is 2.35. The quantitative estimate of drug-likeness (QED) is 0.738. The SMILES string of the molecule is CCC(CCOc1ccc(C=O)cc1)C(=O)O. The summed E-state index contributed by atoms with van der Waals surface area (Å²) in [6.45, 7) is 2.21. The van der Waals surface area contributed by atoms with Gasteiger partial charge in [-0.15, -0.1) is 0 Å². The number of carboxylic acid groups (broad SMARTS) is 1. The standard InChI is InChI=1S/C13H16O4/c1-2-11(13(15)16)7-8-17-12-5-3-10(9-14)4-6-12/h3-6,9,11H,2,7-8H2,1H3,(H,15,16). The Morgan fingerprint density at radius 3 is 2.53 bits per heavy atom. The lowest BCUT2D eigenvalue weighted by Gasteiger charge is -2.10. The first-order valence-corrected chi connectivity index (χ1v) is 5.58. The maximum atomic E-state index is 10.8. The zero-order valence-corrected chi connectivity index (χ0v) is 9.76. The molecule has 1 N–H and O–H groups in total. The van der Waals surface area contributed by atoms with Crippen LogP contribution in [0, 0.1) is 5.92 Å². The highest BCUT2D eigenvalue weighted by atomic mass is 16.5. The summed E-state index contributed by atoms with van der Waals surface area (Å²) in [6.07, 6.45) is 1.85. The molecule has 1 aromatic carbocycles. The fourth-order valence-corrected chi connectivity index (χ4v) is 1.46. The number of aldehydes is 1. The van der Waals surface area contributed by atoms with E-state index in [1.807, 2.05) is 6.92 Å². The summed E-state index contributed by atoms with van der Waals surface area (Å²) >= 11 is 0. The number of hydrogen-bond acceptors (Lipinski definition) is 3. The van der Waals surface area contributed by atoms with Crippen LogP contribution in [0.4, 0.5) is 0 Å². The third-order valence-electron chi connectivity index (χ3n) is 2.59. The zero-order valence-electron chi connectivity index (χ0n) is 9.76. The Kier molecular flexibility index (Phi) is 5.20. The van der Waals surface area contributed by atoms with Crippen molar-refractivity contribution < 1.29 is 19.4 Å². The Labute approximate surface area is 100 Å². The van der Waals surface area contributed by atoms with E-state index in [2.05, 4.69) is 0 Å². The molecule has 4 nitrogen and oxygen atoms in total. The Bertz CT molecular complexity index is 370. The number of aliphatic carboxylic acids is 1. The predicted molar refractivity (Wildman–Crippen MR) is 63.4 cm³/mol. The highest BCUT2D eigenvalue weighted by Gasteiger charge is 2.14. The molecule has 0 aliphatic carbocycles. The van der Waals surface area contributed by atoms with Gasteiger partial charge in [0.1, 0.15) is 12.0 Å². The lowest BCUT2D eigenvalue weighted by atomic mass is 10.0. The molecule has 1 unspecified atom stereocenters. The molecule has 0 bridgehead atoms. The van der Waals surface area contributed by atoms with Gasteiger partial charge >= 0.3 is 5.97 Å². The van der Waals surface area contributed by atoms with Crippen molar-refractivity contribution in [1.82, 2.24) is 0 Å². The summed E-state index contributed by atoms with van der Waals surface area (Å²) in [6, 6.07) is 6.73. The molecular weight excluding hydrogens is 220 g/mol. The van der Waals surface area contributed by atoms with E-state index in [1.54, 1.807) is 24.3 Å². The first-order valence-electron chi connectivity index (χ1n) is 5.58. The van der Waals surface area contributed by atoms with Crippen molar-refractivity contribution in [1.29, 1.82) is 0 Å². The van der Waals surface area contributed by atoms with Gasteiger partial charge in [-0.1, -0.05) is 6.92 Å². The van der Waals surface area contributed by atoms with Gasteiger partial charge in [0, 0.05) is 5.56 Å². The summed E-state index contributed by atoms with van der Waals surface area (Å²) in [5.74, 6) is -0.493. The van der Waals surface area contributed by atoms with Gasteiger partial charge < -0.3 is 9.84 Å². The average molecular weight is 236 g/mol. The van der Waals surface area contributed by atoms with Crippen molar-refractivity contribution in [3.8, 4) is 5.75 Å². The van der Waals surface area contributed by atoms with E-state index < -0.39 is 5.97 Å². The van der Waals surface area contributed by atoms with Crippen molar-refractivity contribution in [2.24, 2.45) is 5.92 Å². The molecule has 1 rings (SSSR count). The largest absolute Gasteiger partial charge is 0.494 e. The first-order chi connectivity index (χ1) is 8.17. The molecule has 0 spiro atoms. The van der Waals surface area contributed by atoms with Crippen molar-refractivity contribution in [3.63, 3.8) is 0 Å². The fraction of sp³-hybridized carbons (Fsp3) is 0.385. The van der Waals surface area contributed by atoms with Crippen LogP contribution in [0.3, 0.4) is 0 Å². The number of rotatable bonds is 7. The van der Waals surface area contributed by atoms with E-state index in [9.17, 15) is 9.59 Å².